The van der Waals surface area contributed by atoms with E-state index in [-0.39, 0.29) is 11.9 Å². The van der Waals surface area contributed by atoms with E-state index in [1.165, 1.54) is 5.56 Å². The number of benzene rings is 1. The second-order valence-electron chi connectivity index (χ2n) is 6.11. The number of hydrogen-bond donors (Lipinski definition) is 2. The third kappa shape index (κ3) is 3.06. The van der Waals surface area contributed by atoms with Crippen molar-refractivity contribution in [1.29, 1.82) is 0 Å². The molecule has 0 fully saturated rings. The molecule has 1 aromatic rings. The Labute approximate surface area is 121 Å². The molecule has 1 aromatic carbocycles. The summed E-state index contributed by atoms with van der Waals surface area (Å²) in [7, 11) is 0. The maximum Gasteiger partial charge on any atom is 0.239 e. The molecule has 0 aromatic heterocycles. The van der Waals surface area contributed by atoms with Crippen LogP contribution in [0.15, 0.2) is 12.1 Å². The number of fused-ring (bicyclic) bond motifs is 1. The highest BCUT2D eigenvalue weighted by molar-refractivity contribution is 5.83. The average molecular weight is 275 g/mol. The Morgan fingerprint density at radius 1 is 1.40 bits per heavy atom. The zero-order chi connectivity index (χ0) is 14.9. The van der Waals surface area contributed by atoms with E-state index in [9.17, 15) is 4.79 Å². The second-order valence-corrected chi connectivity index (χ2v) is 6.11. The number of nitrogens with one attached hydrogen (secondary N) is 1. The topological polar surface area (TPSA) is 58.4 Å². The molecule has 0 saturated heterocycles. The molecular formula is C16H25N3O. The summed E-state index contributed by atoms with van der Waals surface area (Å²) in [4.78, 5) is 14.2. The summed E-state index contributed by atoms with van der Waals surface area (Å²) in [5, 5.41) is 3.05. The summed E-state index contributed by atoms with van der Waals surface area (Å²) in [6.45, 7) is 9.59. The minimum absolute atomic E-state index is 0.0817. The molecular weight excluding hydrogens is 250 g/mol. The minimum atomic E-state index is 0.0817. The lowest BCUT2D eigenvalue weighted by atomic mass is 10.1. The lowest BCUT2D eigenvalue weighted by Crippen LogP contribution is -2.42. The molecule has 1 aliphatic rings. The van der Waals surface area contributed by atoms with Crippen LogP contribution in [0, 0.1) is 12.8 Å². The Balaban J connectivity index is 2.04. The van der Waals surface area contributed by atoms with Gasteiger partial charge in [-0.1, -0.05) is 19.9 Å². The molecule has 2 rings (SSSR count). The van der Waals surface area contributed by atoms with Crippen molar-refractivity contribution >= 4 is 17.3 Å². The van der Waals surface area contributed by atoms with Gasteiger partial charge in [0, 0.05) is 24.0 Å². The summed E-state index contributed by atoms with van der Waals surface area (Å²) >= 11 is 0. The average Bonchev–Trinajstić information content (AvgIpc) is 2.72. The van der Waals surface area contributed by atoms with Gasteiger partial charge in [-0.25, -0.2) is 0 Å². The Bertz CT molecular complexity index is 511. The molecule has 1 atom stereocenters. The van der Waals surface area contributed by atoms with Gasteiger partial charge in [0.1, 0.15) is 0 Å². The fourth-order valence-electron chi connectivity index (χ4n) is 2.45. The highest BCUT2D eigenvalue weighted by Crippen LogP contribution is 2.31. The molecule has 1 unspecified atom stereocenters. The fourth-order valence-corrected chi connectivity index (χ4v) is 2.45. The first-order valence-electron chi connectivity index (χ1n) is 7.31. The minimum Gasteiger partial charge on any atom is -0.398 e. The molecule has 0 saturated carbocycles. The van der Waals surface area contributed by atoms with Crippen LogP contribution < -0.4 is 16.0 Å². The lowest BCUT2D eigenvalue weighted by Gasteiger charge is -2.22. The highest BCUT2D eigenvalue weighted by Gasteiger charge is 2.22. The van der Waals surface area contributed by atoms with Crippen molar-refractivity contribution in [3.63, 3.8) is 0 Å². The number of carbonyl (C=O) groups excluding carboxylic acids is 1. The first-order valence-corrected chi connectivity index (χ1v) is 7.31. The lowest BCUT2D eigenvalue weighted by molar-refractivity contribution is -0.120. The van der Waals surface area contributed by atoms with Crippen molar-refractivity contribution in [3.8, 4) is 0 Å². The van der Waals surface area contributed by atoms with E-state index in [2.05, 4.69) is 30.1 Å². The smallest absolute Gasteiger partial charge is 0.239 e. The van der Waals surface area contributed by atoms with Gasteiger partial charge < -0.3 is 16.0 Å². The molecule has 1 aliphatic heterocycles. The van der Waals surface area contributed by atoms with Crippen LogP contribution in [-0.4, -0.2) is 25.0 Å². The van der Waals surface area contributed by atoms with Gasteiger partial charge in [-0.2, -0.15) is 0 Å². The predicted molar refractivity (Wildman–Crippen MR) is 84.0 cm³/mol. The van der Waals surface area contributed by atoms with Crippen molar-refractivity contribution in [2.24, 2.45) is 5.92 Å². The number of carbonyl (C=O) groups is 1. The summed E-state index contributed by atoms with van der Waals surface area (Å²) in [5.74, 6) is 0.529. The van der Waals surface area contributed by atoms with Crippen LogP contribution in [-0.2, 0) is 11.2 Å². The van der Waals surface area contributed by atoms with Gasteiger partial charge in [-0.05, 0) is 43.4 Å². The Morgan fingerprint density at radius 3 is 2.75 bits per heavy atom. The molecule has 0 spiro atoms. The molecule has 110 valence electrons. The zero-order valence-electron chi connectivity index (χ0n) is 12.9. The van der Waals surface area contributed by atoms with E-state index < -0.39 is 0 Å². The first kappa shape index (κ1) is 14.7. The third-order valence-corrected chi connectivity index (χ3v) is 4.18. The van der Waals surface area contributed by atoms with Crippen LogP contribution in [0.3, 0.4) is 0 Å². The van der Waals surface area contributed by atoms with Crippen LogP contribution in [0.5, 0.6) is 0 Å². The number of nitrogens with zero attached hydrogens (tertiary/aromatic N) is 1. The molecule has 1 amide bonds. The molecule has 0 bridgehead atoms. The number of hydrogen-bond acceptors (Lipinski definition) is 3. The van der Waals surface area contributed by atoms with Gasteiger partial charge in [0.2, 0.25) is 5.91 Å². The van der Waals surface area contributed by atoms with Crippen LogP contribution in [0.4, 0.5) is 11.4 Å². The number of anilines is 2. The Hall–Kier alpha value is -1.71. The normalized spacial score (nSPS) is 15.3. The standard InChI is InChI=1S/C16H25N3O/c1-10(2)12(4)18-16(20)9-19-6-5-13-7-11(3)14(17)8-15(13)19/h7-8,10,12H,5-6,9,17H2,1-4H3,(H,18,20). The maximum atomic E-state index is 12.1. The van der Waals surface area contributed by atoms with E-state index in [1.54, 1.807) is 0 Å². The van der Waals surface area contributed by atoms with E-state index in [0.717, 1.165) is 29.9 Å². The van der Waals surface area contributed by atoms with Crippen LogP contribution in [0.25, 0.3) is 0 Å². The summed E-state index contributed by atoms with van der Waals surface area (Å²) in [5.41, 5.74) is 10.3. The van der Waals surface area contributed by atoms with Crippen molar-refractivity contribution in [2.75, 3.05) is 23.7 Å². The molecule has 20 heavy (non-hydrogen) atoms. The molecule has 4 heteroatoms. The van der Waals surface area contributed by atoms with Gasteiger partial charge in [0.05, 0.1) is 6.54 Å². The SMILES string of the molecule is Cc1cc2c(cc1N)N(CC(=O)NC(C)C(C)C)CC2. The van der Waals surface area contributed by atoms with Crippen molar-refractivity contribution in [3.05, 3.63) is 23.3 Å². The summed E-state index contributed by atoms with van der Waals surface area (Å²) in [6.07, 6.45) is 0.990. The number of nitrogens with two attached hydrogens (primary N) is 1. The fraction of sp³-hybridized carbons (Fsp3) is 0.562. The molecule has 4 nitrogen and oxygen atoms in total. The maximum absolute atomic E-state index is 12.1. The van der Waals surface area contributed by atoms with Crippen molar-refractivity contribution in [2.45, 2.75) is 40.2 Å². The van der Waals surface area contributed by atoms with Gasteiger partial charge in [-0.3, -0.25) is 4.79 Å². The van der Waals surface area contributed by atoms with E-state index in [0.29, 0.717) is 12.5 Å². The number of aryl methyl sites for hydroxylation is 1. The molecule has 3 N–H and O–H groups in total. The predicted octanol–water partition coefficient (Wildman–Crippen LogP) is 2.10. The highest BCUT2D eigenvalue weighted by atomic mass is 16.2. The second kappa shape index (κ2) is 5.73. The largest absolute Gasteiger partial charge is 0.398 e. The Kier molecular flexibility index (Phi) is 4.21. The van der Waals surface area contributed by atoms with Crippen LogP contribution in [0.1, 0.15) is 31.9 Å². The molecule has 1 heterocycles. The number of rotatable bonds is 4. The van der Waals surface area contributed by atoms with Crippen LogP contribution >= 0.6 is 0 Å². The van der Waals surface area contributed by atoms with Crippen LogP contribution in [0.2, 0.25) is 0 Å². The number of amides is 1. The van der Waals surface area contributed by atoms with Gasteiger partial charge in [0.15, 0.2) is 0 Å². The van der Waals surface area contributed by atoms with E-state index in [1.807, 2.05) is 19.9 Å². The molecule has 0 radical (unpaired) electrons. The van der Waals surface area contributed by atoms with Gasteiger partial charge in [0.25, 0.3) is 0 Å². The van der Waals surface area contributed by atoms with E-state index >= 15 is 0 Å². The number of nitrogen functional groups attached to an aromatic ring is 1. The quantitative estimate of drug-likeness (QED) is 0.827. The summed E-state index contributed by atoms with van der Waals surface area (Å²) < 4.78 is 0. The Morgan fingerprint density at radius 2 is 2.10 bits per heavy atom. The monoisotopic (exact) mass is 275 g/mol. The van der Waals surface area contributed by atoms with Gasteiger partial charge in [-0.15, -0.1) is 0 Å². The first-order chi connectivity index (χ1) is 9.38. The zero-order valence-corrected chi connectivity index (χ0v) is 12.9. The van der Waals surface area contributed by atoms with Crippen molar-refractivity contribution in [1.82, 2.24) is 5.32 Å². The molecule has 0 aliphatic carbocycles. The van der Waals surface area contributed by atoms with E-state index in [4.69, 9.17) is 5.73 Å². The summed E-state index contributed by atoms with van der Waals surface area (Å²) in [6, 6.07) is 4.34. The van der Waals surface area contributed by atoms with Gasteiger partial charge >= 0.3 is 0 Å². The third-order valence-electron chi connectivity index (χ3n) is 4.18. The van der Waals surface area contributed by atoms with Crippen molar-refractivity contribution < 1.29 is 4.79 Å².